The zero-order valence-electron chi connectivity index (χ0n) is 28.3. The van der Waals surface area contributed by atoms with Gasteiger partial charge in [0.05, 0.1) is 18.8 Å². The van der Waals surface area contributed by atoms with Crippen molar-refractivity contribution in [3.63, 3.8) is 0 Å². The summed E-state index contributed by atoms with van der Waals surface area (Å²) in [5, 5.41) is 4.29. The standard InChI is InChI=1S/C40H35N3O7/c1-23-41-20-33(48-23)28-21-43(38(45)50-39(2,3)4)31-16-10-13-26(34(28)31)27-14-9-15-29-35(27)42-36-40(29,37(44)46-5)30-19-25(17-18-32(30)49-36)47-22-24-11-7-6-8-12-24/h6-21,36,42H,22H2,1-5H3/t36-,40-/m1/s1. The maximum atomic E-state index is 14.1. The third-order valence-electron chi connectivity index (χ3n) is 9.13. The minimum Gasteiger partial charge on any atom is -0.489 e. The lowest BCUT2D eigenvalue weighted by Crippen LogP contribution is -2.46. The average Bonchev–Trinajstić information content (AvgIpc) is 3.86. The van der Waals surface area contributed by atoms with Crippen molar-refractivity contribution >= 4 is 28.7 Å². The maximum absolute atomic E-state index is 14.1. The number of hydrogen-bond donors (Lipinski definition) is 1. The first-order valence-corrected chi connectivity index (χ1v) is 16.4. The molecule has 0 unspecified atom stereocenters. The van der Waals surface area contributed by atoms with Crippen molar-refractivity contribution in [2.45, 2.75) is 51.5 Å². The number of para-hydroxylation sites is 1. The van der Waals surface area contributed by atoms with Gasteiger partial charge in [0.2, 0.25) is 0 Å². The molecule has 1 N–H and O–H groups in total. The highest BCUT2D eigenvalue weighted by atomic mass is 16.6. The lowest BCUT2D eigenvalue weighted by atomic mass is 9.75. The van der Waals surface area contributed by atoms with Crippen LogP contribution in [-0.2, 0) is 26.3 Å². The van der Waals surface area contributed by atoms with E-state index in [9.17, 15) is 9.59 Å². The molecule has 0 radical (unpaired) electrons. The van der Waals surface area contributed by atoms with E-state index in [1.54, 1.807) is 19.3 Å². The fourth-order valence-electron chi connectivity index (χ4n) is 7.06. The summed E-state index contributed by atoms with van der Waals surface area (Å²) in [6, 6.07) is 27.0. The number of nitrogens with one attached hydrogen (secondary N) is 1. The number of carbonyl (C=O) groups is 2. The van der Waals surface area contributed by atoms with Crippen LogP contribution in [0.5, 0.6) is 11.5 Å². The second-order valence-corrected chi connectivity index (χ2v) is 13.4. The van der Waals surface area contributed by atoms with Gasteiger partial charge in [-0.3, -0.25) is 9.36 Å². The molecule has 0 saturated carbocycles. The van der Waals surface area contributed by atoms with Gasteiger partial charge in [-0.2, -0.15) is 0 Å². The van der Waals surface area contributed by atoms with E-state index >= 15 is 0 Å². The normalized spacial score (nSPS) is 17.3. The highest BCUT2D eigenvalue weighted by Gasteiger charge is 2.62. The molecule has 0 bridgehead atoms. The molecule has 50 heavy (non-hydrogen) atoms. The van der Waals surface area contributed by atoms with Crippen LogP contribution in [0.3, 0.4) is 0 Å². The van der Waals surface area contributed by atoms with Crippen LogP contribution in [0.2, 0.25) is 0 Å². The highest BCUT2D eigenvalue weighted by molar-refractivity contribution is 6.10. The van der Waals surface area contributed by atoms with Crippen LogP contribution in [0.25, 0.3) is 33.4 Å². The minimum atomic E-state index is -1.32. The minimum absolute atomic E-state index is 0.369. The molecule has 0 spiro atoms. The smallest absolute Gasteiger partial charge is 0.419 e. The molecular weight excluding hydrogens is 634 g/mol. The number of hydrogen-bond acceptors (Lipinski definition) is 9. The molecule has 252 valence electrons. The maximum Gasteiger partial charge on any atom is 0.419 e. The predicted molar refractivity (Wildman–Crippen MR) is 187 cm³/mol. The van der Waals surface area contributed by atoms with Crippen molar-refractivity contribution in [3.8, 4) is 33.9 Å². The summed E-state index contributed by atoms with van der Waals surface area (Å²) < 4.78 is 31.4. The molecule has 10 nitrogen and oxygen atoms in total. The molecule has 4 heterocycles. The van der Waals surface area contributed by atoms with Crippen LogP contribution in [-0.4, -0.2) is 40.6 Å². The van der Waals surface area contributed by atoms with Crippen LogP contribution in [0.4, 0.5) is 10.5 Å². The quantitative estimate of drug-likeness (QED) is 0.175. The van der Waals surface area contributed by atoms with Crippen molar-refractivity contribution in [1.82, 2.24) is 9.55 Å². The van der Waals surface area contributed by atoms with E-state index in [2.05, 4.69) is 10.3 Å². The summed E-state index contributed by atoms with van der Waals surface area (Å²) in [4.78, 5) is 31.9. The summed E-state index contributed by atoms with van der Waals surface area (Å²) in [7, 11) is 1.38. The van der Waals surface area contributed by atoms with Gasteiger partial charge >= 0.3 is 12.1 Å². The molecule has 0 fully saturated rings. The van der Waals surface area contributed by atoms with E-state index in [0.717, 1.165) is 22.1 Å². The fraction of sp³-hybridized carbons (Fsp3) is 0.225. The molecule has 4 aromatic carbocycles. The number of carbonyl (C=O) groups excluding carboxylic acids is 2. The highest BCUT2D eigenvalue weighted by Crippen LogP contribution is 2.57. The molecule has 10 heteroatoms. The topological polar surface area (TPSA) is 114 Å². The summed E-state index contributed by atoms with van der Waals surface area (Å²) in [5.74, 6) is 1.71. The Morgan fingerprint density at radius 1 is 0.940 bits per heavy atom. The van der Waals surface area contributed by atoms with Crippen LogP contribution < -0.4 is 14.8 Å². The molecule has 6 aromatic rings. The van der Waals surface area contributed by atoms with Gasteiger partial charge < -0.3 is 28.7 Å². The Bertz CT molecular complexity index is 2300. The zero-order chi connectivity index (χ0) is 34.8. The Morgan fingerprint density at radius 3 is 2.46 bits per heavy atom. The van der Waals surface area contributed by atoms with Crippen LogP contribution >= 0.6 is 0 Å². The first kappa shape index (κ1) is 31.3. The molecule has 0 aliphatic carbocycles. The lowest BCUT2D eigenvalue weighted by molar-refractivity contribution is -0.147. The second kappa shape index (κ2) is 11.5. The Hall–Kier alpha value is -6.03. The number of aromatic nitrogens is 2. The van der Waals surface area contributed by atoms with Gasteiger partial charge in [0.15, 0.2) is 23.3 Å². The molecule has 0 amide bonds. The van der Waals surface area contributed by atoms with Crippen LogP contribution in [0.1, 0.15) is 43.4 Å². The summed E-state index contributed by atoms with van der Waals surface area (Å²) in [5.41, 5.74) is 3.96. The molecule has 2 atom stereocenters. The Balaban J connectivity index is 1.29. The second-order valence-electron chi connectivity index (χ2n) is 13.4. The number of rotatable bonds is 6. The third-order valence-corrected chi connectivity index (χ3v) is 9.13. The van der Waals surface area contributed by atoms with Gasteiger partial charge in [-0.15, -0.1) is 0 Å². The van der Waals surface area contributed by atoms with Gasteiger partial charge in [-0.05, 0) is 56.2 Å². The molecule has 2 aliphatic rings. The Morgan fingerprint density at radius 2 is 1.72 bits per heavy atom. The van der Waals surface area contributed by atoms with Gasteiger partial charge in [-0.1, -0.05) is 60.7 Å². The third kappa shape index (κ3) is 4.89. The van der Waals surface area contributed by atoms with Gasteiger partial charge in [0.1, 0.15) is 23.7 Å². The molecule has 8 rings (SSSR count). The molecule has 2 aliphatic heterocycles. The number of anilines is 1. The van der Waals surface area contributed by atoms with E-state index in [0.29, 0.717) is 57.7 Å². The molecule has 0 saturated heterocycles. The summed E-state index contributed by atoms with van der Waals surface area (Å²) in [6.45, 7) is 7.62. The van der Waals surface area contributed by atoms with Gasteiger partial charge in [0, 0.05) is 46.4 Å². The Kier molecular flexibility index (Phi) is 7.22. The number of methoxy groups -OCH3 is 1. The van der Waals surface area contributed by atoms with Crippen molar-refractivity contribution < 1.29 is 33.0 Å². The first-order valence-electron chi connectivity index (χ1n) is 16.4. The number of esters is 1. The Labute approximate surface area is 288 Å². The van der Waals surface area contributed by atoms with Gasteiger partial charge in [-0.25, -0.2) is 9.78 Å². The van der Waals surface area contributed by atoms with E-state index in [1.807, 2.05) is 106 Å². The molecule has 2 aromatic heterocycles. The van der Waals surface area contributed by atoms with Crippen molar-refractivity contribution in [2.24, 2.45) is 0 Å². The molecular formula is C40H35N3O7. The number of aryl methyl sites for hydroxylation is 1. The van der Waals surface area contributed by atoms with Crippen LogP contribution in [0.15, 0.2) is 102 Å². The van der Waals surface area contributed by atoms with E-state index in [1.165, 1.54) is 11.7 Å². The van der Waals surface area contributed by atoms with Crippen LogP contribution in [0, 0.1) is 6.92 Å². The average molecular weight is 670 g/mol. The first-order chi connectivity index (χ1) is 24.1. The number of fused-ring (bicyclic) bond motifs is 6. The largest absolute Gasteiger partial charge is 0.489 e. The number of oxazole rings is 1. The zero-order valence-corrected chi connectivity index (χ0v) is 28.3. The van der Waals surface area contributed by atoms with Crippen molar-refractivity contribution in [3.05, 3.63) is 120 Å². The SMILES string of the molecule is COC(=O)[C@]12c3cc(OCc4ccccc4)ccc3O[C@H]1Nc1c(-c3cccc4c3c(-c3cnc(C)o3)cn4C(=O)OC(C)(C)C)cccc12. The monoisotopic (exact) mass is 669 g/mol. The number of ether oxygens (including phenoxy) is 4. The van der Waals surface area contributed by atoms with Crippen molar-refractivity contribution in [1.29, 1.82) is 0 Å². The van der Waals surface area contributed by atoms with E-state index in [-0.39, 0.29) is 0 Å². The summed E-state index contributed by atoms with van der Waals surface area (Å²) >= 11 is 0. The van der Waals surface area contributed by atoms with E-state index < -0.39 is 29.3 Å². The number of nitrogens with zero attached hydrogens (tertiary/aromatic N) is 2. The van der Waals surface area contributed by atoms with Crippen molar-refractivity contribution in [2.75, 3.05) is 12.4 Å². The predicted octanol–water partition coefficient (Wildman–Crippen LogP) is 8.24. The fourth-order valence-corrected chi connectivity index (χ4v) is 7.06. The lowest BCUT2D eigenvalue weighted by Gasteiger charge is -2.25. The van der Waals surface area contributed by atoms with Gasteiger partial charge in [0.25, 0.3) is 0 Å². The number of benzene rings is 4. The summed E-state index contributed by atoms with van der Waals surface area (Å²) in [6.07, 6.45) is 2.06. The van der Waals surface area contributed by atoms with E-state index in [4.69, 9.17) is 23.4 Å².